The lowest BCUT2D eigenvalue weighted by Gasteiger charge is -2.47. The first-order valence-electron chi connectivity index (χ1n) is 7.63. The minimum atomic E-state index is -0.233. The van der Waals surface area contributed by atoms with E-state index >= 15 is 0 Å². The number of nitrogens with zero attached hydrogens (tertiary/aromatic N) is 1. The molecule has 1 aliphatic heterocycles. The molecule has 0 N–H and O–H groups in total. The van der Waals surface area contributed by atoms with Gasteiger partial charge in [0.2, 0.25) is 0 Å². The third kappa shape index (κ3) is 3.55. The number of carbonyl (C=O) groups is 1. The second-order valence-corrected chi connectivity index (χ2v) is 6.38. The molecule has 1 saturated heterocycles. The summed E-state index contributed by atoms with van der Waals surface area (Å²) in [6.07, 6.45) is 0. The van der Waals surface area contributed by atoms with Gasteiger partial charge in [-0.3, -0.25) is 4.90 Å². The van der Waals surface area contributed by atoms with E-state index in [2.05, 4.69) is 36.1 Å². The van der Waals surface area contributed by atoms with Gasteiger partial charge in [-0.25, -0.2) is 4.79 Å². The lowest BCUT2D eigenvalue weighted by atomic mass is 9.82. The van der Waals surface area contributed by atoms with E-state index in [1.807, 2.05) is 24.3 Å². The molecule has 2 aromatic rings. The Kier molecular flexibility index (Phi) is 4.25. The molecule has 3 rings (SSSR count). The van der Waals surface area contributed by atoms with Crippen LogP contribution < -0.4 is 0 Å². The van der Waals surface area contributed by atoms with Crippen LogP contribution in [-0.4, -0.2) is 30.6 Å². The Morgan fingerprint density at radius 3 is 2.27 bits per heavy atom. The van der Waals surface area contributed by atoms with Crippen molar-refractivity contribution in [2.45, 2.75) is 13.5 Å². The van der Waals surface area contributed by atoms with E-state index in [0.717, 1.165) is 19.6 Å². The Morgan fingerprint density at radius 1 is 1.05 bits per heavy atom. The van der Waals surface area contributed by atoms with Crippen LogP contribution in [-0.2, 0) is 11.3 Å². The molecule has 0 saturated carbocycles. The quantitative estimate of drug-likeness (QED) is 0.792. The molecule has 0 aromatic heterocycles. The number of ether oxygens (including phenoxy) is 1. The van der Waals surface area contributed by atoms with Crippen molar-refractivity contribution in [1.82, 2.24) is 4.90 Å². The SMILES string of the molecule is CC1(COC(=O)c2ccccc2)CN(Cc2ccccc2)C1. The van der Waals surface area contributed by atoms with Crippen LogP contribution in [0.5, 0.6) is 0 Å². The molecule has 114 valence electrons. The van der Waals surface area contributed by atoms with Crippen LogP contribution in [0.25, 0.3) is 0 Å². The summed E-state index contributed by atoms with van der Waals surface area (Å²) in [6.45, 7) is 5.54. The average Bonchev–Trinajstić information content (AvgIpc) is 2.53. The molecule has 0 spiro atoms. The molecule has 3 heteroatoms. The molecular formula is C19H21NO2. The topological polar surface area (TPSA) is 29.5 Å². The van der Waals surface area contributed by atoms with Crippen molar-refractivity contribution < 1.29 is 9.53 Å². The number of esters is 1. The van der Waals surface area contributed by atoms with Crippen molar-refractivity contribution in [1.29, 1.82) is 0 Å². The van der Waals surface area contributed by atoms with E-state index in [4.69, 9.17) is 4.74 Å². The Hall–Kier alpha value is -2.13. The van der Waals surface area contributed by atoms with E-state index in [1.165, 1.54) is 5.56 Å². The van der Waals surface area contributed by atoms with E-state index in [0.29, 0.717) is 12.2 Å². The maximum absolute atomic E-state index is 12.0. The highest BCUT2D eigenvalue weighted by atomic mass is 16.5. The monoisotopic (exact) mass is 295 g/mol. The van der Waals surface area contributed by atoms with Gasteiger partial charge in [0.05, 0.1) is 12.2 Å². The van der Waals surface area contributed by atoms with Gasteiger partial charge in [-0.15, -0.1) is 0 Å². The van der Waals surface area contributed by atoms with E-state index in [1.54, 1.807) is 12.1 Å². The first kappa shape index (κ1) is 14.8. The fourth-order valence-electron chi connectivity index (χ4n) is 2.98. The zero-order valence-electron chi connectivity index (χ0n) is 12.9. The second kappa shape index (κ2) is 6.32. The van der Waals surface area contributed by atoms with Crippen molar-refractivity contribution in [3.8, 4) is 0 Å². The van der Waals surface area contributed by atoms with Gasteiger partial charge in [-0.2, -0.15) is 0 Å². The summed E-state index contributed by atoms with van der Waals surface area (Å²) in [7, 11) is 0. The normalized spacial score (nSPS) is 16.8. The zero-order chi connectivity index (χ0) is 15.4. The van der Waals surface area contributed by atoms with Gasteiger partial charge < -0.3 is 4.74 Å². The second-order valence-electron chi connectivity index (χ2n) is 6.38. The summed E-state index contributed by atoms with van der Waals surface area (Å²) in [6, 6.07) is 19.6. The number of benzene rings is 2. The van der Waals surface area contributed by atoms with Gasteiger partial charge in [0.15, 0.2) is 0 Å². The fourth-order valence-corrected chi connectivity index (χ4v) is 2.98. The van der Waals surface area contributed by atoms with E-state index < -0.39 is 0 Å². The van der Waals surface area contributed by atoms with Crippen LogP contribution >= 0.6 is 0 Å². The Morgan fingerprint density at radius 2 is 1.64 bits per heavy atom. The van der Waals surface area contributed by atoms with E-state index in [-0.39, 0.29) is 11.4 Å². The molecule has 1 fully saturated rings. The fraction of sp³-hybridized carbons (Fsp3) is 0.316. The first-order valence-corrected chi connectivity index (χ1v) is 7.63. The van der Waals surface area contributed by atoms with Crippen LogP contribution in [0.15, 0.2) is 60.7 Å². The van der Waals surface area contributed by atoms with Gasteiger partial charge in [0.1, 0.15) is 0 Å². The minimum absolute atomic E-state index is 0.0687. The maximum Gasteiger partial charge on any atom is 0.338 e. The van der Waals surface area contributed by atoms with Gasteiger partial charge >= 0.3 is 5.97 Å². The molecule has 0 atom stereocenters. The highest BCUT2D eigenvalue weighted by Gasteiger charge is 2.39. The van der Waals surface area contributed by atoms with Gasteiger partial charge in [-0.1, -0.05) is 55.5 Å². The molecular weight excluding hydrogens is 274 g/mol. The molecule has 0 bridgehead atoms. The number of hydrogen-bond donors (Lipinski definition) is 0. The smallest absolute Gasteiger partial charge is 0.338 e. The molecule has 0 amide bonds. The lowest BCUT2D eigenvalue weighted by molar-refractivity contribution is -0.0441. The van der Waals surface area contributed by atoms with Gasteiger partial charge in [-0.05, 0) is 17.7 Å². The molecule has 2 aromatic carbocycles. The molecule has 0 aliphatic carbocycles. The lowest BCUT2D eigenvalue weighted by Crippen LogP contribution is -2.56. The van der Waals surface area contributed by atoms with Crippen LogP contribution in [0.3, 0.4) is 0 Å². The predicted octanol–water partition coefficient (Wildman–Crippen LogP) is 3.37. The number of carbonyl (C=O) groups excluding carboxylic acids is 1. The van der Waals surface area contributed by atoms with E-state index in [9.17, 15) is 4.79 Å². The zero-order valence-corrected chi connectivity index (χ0v) is 12.9. The third-order valence-electron chi connectivity index (χ3n) is 4.02. The maximum atomic E-state index is 12.0. The summed E-state index contributed by atoms with van der Waals surface area (Å²) in [5.74, 6) is -0.233. The summed E-state index contributed by atoms with van der Waals surface area (Å²) in [5, 5.41) is 0. The third-order valence-corrected chi connectivity index (χ3v) is 4.02. The van der Waals surface area contributed by atoms with Crippen molar-refractivity contribution >= 4 is 5.97 Å². The summed E-state index contributed by atoms with van der Waals surface area (Å²) in [5.41, 5.74) is 2.01. The molecule has 1 aliphatic rings. The van der Waals surface area contributed by atoms with Crippen molar-refractivity contribution in [2.24, 2.45) is 5.41 Å². The number of rotatable bonds is 5. The first-order chi connectivity index (χ1) is 10.6. The molecule has 3 nitrogen and oxygen atoms in total. The molecule has 0 radical (unpaired) electrons. The molecule has 0 unspecified atom stereocenters. The van der Waals surface area contributed by atoms with Crippen molar-refractivity contribution in [3.05, 3.63) is 71.8 Å². The predicted molar refractivity (Wildman–Crippen MR) is 86.6 cm³/mol. The van der Waals surface area contributed by atoms with Crippen LogP contribution in [0.4, 0.5) is 0 Å². The Labute approximate surface area is 131 Å². The summed E-state index contributed by atoms with van der Waals surface area (Å²) >= 11 is 0. The molecule has 1 heterocycles. The number of hydrogen-bond acceptors (Lipinski definition) is 3. The minimum Gasteiger partial charge on any atom is -0.461 e. The van der Waals surface area contributed by atoms with Crippen molar-refractivity contribution in [3.63, 3.8) is 0 Å². The molecule has 22 heavy (non-hydrogen) atoms. The van der Waals surface area contributed by atoms with Gasteiger partial charge in [0.25, 0.3) is 0 Å². The summed E-state index contributed by atoms with van der Waals surface area (Å²) in [4.78, 5) is 14.3. The summed E-state index contributed by atoms with van der Waals surface area (Å²) < 4.78 is 5.47. The standard InChI is InChI=1S/C19H21NO2/c1-19(15-22-18(21)17-10-6-3-7-11-17)13-20(14-19)12-16-8-4-2-5-9-16/h2-11H,12-15H2,1H3. The largest absolute Gasteiger partial charge is 0.461 e. The van der Waals surface area contributed by atoms with Crippen LogP contribution in [0.1, 0.15) is 22.8 Å². The average molecular weight is 295 g/mol. The Balaban J connectivity index is 1.46. The van der Waals surface area contributed by atoms with Crippen LogP contribution in [0.2, 0.25) is 0 Å². The van der Waals surface area contributed by atoms with Crippen LogP contribution in [0, 0.1) is 5.41 Å². The van der Waals surface area contributed by atoms with Gasteiger partial charge in [0, 0.05) is 25.0 Å². The number of likely N-dealkylation sites (tertiary alicyclic amines) is 1. The highest BCUT2D eigenvalue weighted by Crippen LogP contribution is 2.31. The Bertz CT molecular complexity index is 618. The highest BCUT2D eigenvalue weighted by molar-refractivity contribution is 5.89. The van der Waals surface area contributed by atoms with Crippen molar-refractivity contribution in [2.75, 3.05) is 19.7 Å².